The van der Waals surface area contributed by atoms with Gasteiger partial charge in [-0.05, 0) is 35.6 Å². The lowest BCUT2D eigenvalue weighted by Gasteiger charge is -2.30. The van der Waals surface area contributed by atoms with Crippen LogP contribution in [-0.2, 0) is 21.4 Å². The van der Waals surface area contributed by atoms with Crippen LogP contribution in [-0.4, -0.2) is 39.0 Å². The molecule has 7 heterocycles. The fourth-order valence-corrected chi connectivity index (χ4v) is 8.95. The molecule has 268 valence electrons. The number of ether oxygens (including phenoxy) is 1. The van der Waals surface area contributed by atoms with E-state index in [1.165, 1.54) is 0 Å². The molecular weight excluding hydrogens is 668 g/mol. The van der Waals surface area contributed by atoms with Crippen molar-refractivity contribution in [1.82, 2.24) is 25.6 Å². The summed E-state index contributed by atoms with van der Waals surface area (Å²) in [7, 11) is 0. The highest BCUT2D eigenvalue weighted by Gasteiger charge is 2.61. The molecule has 0 radical (unpaired) electrons. The summed E-state index contributed by atoms with van der Waals surface area (Å²) in [5.74, 6) is 1.81. The van der Waals surface area contributed by atoms with Gasteiger partial charge in [0.05, 0.1) is 6.20 Å². The number of H-pyrrole nitrogens is 1. The molecule has 11 nitrogen and oxygen atoms in total. The molecule has 4 N–H and O–H groups in total. The molecule has 0 saturated heterocycles. The van der Waals surface area contributed by atoms with Crippen molar-refractivity contribution in [1.29, 1.82) is 0 Å². The van der Waals surface area contributed by atoms with Gasteiger partial charge in [0, 0.05) is 56.9 Å². The second-order valence-electron chi connectivity index (χ2n) is 15.8. The van der Waals surface area contributed by atoms with Gasteiger partial charge in [-0.25, -0.2) is 9.97 Å². The zero-order valence-corrected chi connectivity index (χ0v) is 30.2. The molecule has 0 fully saturated rings. The van der Waals surface area contributed by atoms with E-state index in [-0.39, 0.29) is 24.2 Å². The molecule has 3 aromatic carbocycles. The van der Waals surface area contributed by atoms with Gasteiger partial charge in [-0.15, -0.1) is 0 Å². The molecule has 11 heteroatoms. The molecule has 10 rings (SSSR count). The van der Waals surface area contributed by atoms with E-state index in [2.05, 4.69) is 70.3 Å². The first-order valence-electron chi connectivity index (χ1n) is 18.5. The predicted octanol–water partition coefficient (Wildman–Crippen LogP) is 7.62. The van der Waals surface area contributed by atoms with Gasteiger partial charge in [-0.3, -0.25) is 9.59 Å². The number of carbonyl (C=O) groups excluding carboxylic acids is 2. The Morgan fingerprint density at radius 1 is 1.04 bits per heavy atom. The number of carbonyl (C=O) groups is 2. The summed E-state index contributed by atoms with van der Waals surface area (Å²) in [5, 5.41) is 11.2. The van der Waals surface area contributed by atoms with Crippen LogP contribution in [0.1, 0.15) is 81.8 Å². The SMILES string of the molecule is CCCC(C)(C)C(=O)N[C@H]1Cc2ccc3c(c2)C24c5cccc(c5NC2O3)-c2cccc3[nH]cc(c23)-c2cnc(o2)-c2nc(oc24)[C@H](C(C)C)NC1=O. The van der Waals surface area contributed by atoms with Gasteiger partial charge in [0.25, 0.3) is 0 Å². The Bertz CT molecular complexity index is 2510. The van der Waals surface area contributed by atoms with E-state index in [0.717, 1.165) is 56.4 Å². The van der Waals surface area contributed by atoms with Crippen LogP contribution in [0.3, 0.4) is 0 Å². The summed E-state index contributed by atoms with van der Waals surface area (Å²) in [6.45, 7) is 9.92. The van der Waals surface area contributed by atoms with E-state index in [9.17, 15) is 9.59 Å². The maximum absolute atomic E-state index is 14.3. The molecule has 3 aromatic heterocycles. The van der Waals surface area contributed by atoms with Gasteiger partial charge in [0.2, 0.25) is 23.6 Å². The monoisotopic (exact) mass is 708 g/mol. The van der Waals surface area contributed by atoms with Gasteiger partial charge in [0.1, 0.15) is 23.2 Å². The van der Waals surface area contributed by atoms with E-state index >= 15 is 0 Å². The lowest BCUT2D eigenvalue weighted by molar-refractivity contribution is -0.134. The molecule has 2 unspecified atom stereocenters. The van der Waals surface area contributed by atoms with Gasteiger partial charge in [-0.1, -0.05) is 83.5 Å². The zero-order chi connectivity index (χ0) is 36.4. The third kappa shape index (κ3) is 4.39. The molecule has 53 heavy (non-hydrogen) atoms. The van der Waals surface area contributed by atoms with Crippen LogP contribution in [0.25, 0.3) is 44.9 Å². The zero-order valence-electron chi connectivity index (χ0n) is 30.2. The first-order chi connectivity index (χ1) is 25.6. The van der Waals surface area contributed by atoms with Crippen molar-refractivity contribution in [3.63, 3.8) is 0 Å². The summed E-state index contributed by atoms with van der Waals surface area (Å²) in [4.78, 5) is 41.4. The van der Waals surface area contributed by atoms with Gasteiger partial charge in [-0.2, -0.15) is 0 Å². The van der Waals surface area contributed by atoms with Crippen molar-refractivity contribution in [2.24, 2.45) is 11.3 Å². The first-order valence-corrected chi connectivity index (χ1v) is 18.5. The number of aromatic nitrogens is 3. The van der Waals surface area contributed by atoms with Gasteiger partial charge >= 0.3 is 0 Å². The molecule has 0 aliphatic carbocycles. The topological polar surface area (TPSA) is 147 Å². The Hall–Kier alpha value is -5.84. The number of hydrogen-bond acceptors (Lipinski definition) is 8. The molecule has 0 saturated carbocycles. The Labute approximate surface area is 305 Å². The van der Waals surface area contributed by atoms with E-state index in [0.29, 0.717) is 41.2 Å². The second kappa shape index (κ2) is 11.1. The summed E-state index contributed by atoms with van der Waals surface area (Å²) in [5.41, 5.74) is 6.31. The number of hydrogen-bond donors (Lipinski definition) is 4. The highest BCUT2D eigenvalue weighted by atomic mass is 16.5. The summed E-state index contributed by atoms with van der Waals surface area (Å²) >= 11 is 0. The van der Waals surface area contributed by atoms with E-state index in [1.807, 2.05) is 46.0 Å². The van der Waals surface area contributed by atoms with Crippen LogP contribution in [0.4, 0.5) is 5.69 Å². The quantitative estimate of drug-likeness (QED) is 0.143. The minimum atomic E-state index is -1.02. The molecule has 10 bridgehead atoms. The Morgan fingerprint density at radius 2 is 1.87 bits per heavy atom. The fourth-order valence-electron chi connectivity index (χ4n) is 8.95. The lowest BCUT2D eigenvalue weighted by atomic mass is 9.72. The number of fused-ring (bicyclic) bond motifs is 7. The number of rotatable bonds is 5. The second-order valence-corrected chi connectivity index (χ2v) is 15.8. The van der Waals surface area contributed by atoms with E-state index < -0.39 is 29.1 Å². The average Bonchev–Trinajstić information content (AvgIpc) is 3.96. The standard InChI is InChI=1S/C42H40N6O5/c1-6-15-41(4,5)39(50)45-28-17-21-13-14-29-26(16-21)42-25-11-7-10-23(33(25)48-40(42)52-29)22-9-8-12-27-31(22)24(18-43-27)30-19-44-37(51-30)34-35(42)53-38(47-34)32(20(2)3)46-36(28)49/h7-14,16,18-20,28,32,40,43,48H,6,15,17H2,1-5H3,(H,45,50)(H,46,49)/t28-,32-,40?,42?/m0/s1. The highest BCUT2D eigenvalue weighted by molar-refractivity contribution is 6.07. The Balaban J connectivity index is 1.26. The molecule has 2 amide bonds. The van der Waals surface area contributed by atoms with E-state index in [1.54, 1.807) is 6.20 Å². The number of para-hydroxylation sites is 1. The van der Waals surface area contributed by atoms with Crippen LogP contribution in [0.15, 0.2) is 75.8 Å². The molecule has 6 aromatic rings. The number of nitrogens with one attached hydrogen (secondary N) is 4. The summed E-state index contributed by atoms with van der Waals surface area (Å²) < 4.78 is 20.5. The number of benzene rings is 3. The number of amides is 2. The van der Waals surface area contributed by atoms with Crippen LogP contribution < -0.4 is 20.7 Å². The van der Waals surface area contributed by atoms with Crippen molar-refractivity contribution >= 4 is 28.4 Å². The normalized spacial score (nSPS) is 22.0. The smallest absolute Gasteiger partial charge is 0.249 e. The molecule has 4 aliphatic rings. The summed E-state index contributed by atoms with van der Waals surface area (Å²) in [6.07, 6.45) is 4.89. The molecular formula is C42H40N6O5. The number of aromatic amines is 1. The molecule has 1 spiro atoms. The maximum Gasteiger partial charge on any atom is 0.249 e. The number of oxazole rings is 2. The third-order valence-corrected chi connectivity index (χ3v) is 11.6. The Kier molecular flexibility index (Phi) is 6.66. The average molecular weight is 709 g/mol. The number of anilines is 1. The minimum Gasteiger partial charge on any atom is -0.469 e. The molecule has 4 atom stereocenters. The summed E-state index contributed by atoms with van der Waals surface area (Å²) in [6, 6.07) is 17.1. The fraction of sp³-hybridized carbons (Fsp3) is 0.333. The van der Waals surface area contributed by atoms with Crippen molar-refractivity contribution in [2.45, 2.75) is 77.6 Å². The Morgan fingerprint density at radius 3 is 2.70 bits per heavy atom. The van der Waals surface area contributed by atoms with Crippen molar-refractivity contribution in [3.05, 3.63) is 95.3 Å². The van der Waals surface area contributed by atoms with Crippen molar-refractivity contribution < 1.29 is 23.2 Å². The van der Waals surface area contributed by atoms with Crippen molar-refractivity contribution in [2.75, 3.05) is 5.32 Å². The van der Waals surface area contributed by atoms with E-state index in [4.69, 9.17) is 23.5 Å². The van der Waals surface area contributed by atoms with Crippen LogP contribution in [0, 0.1) is 11.3 Å². The van der Waals surface area contributed by atoms with Crippen LogP contribution >= 0.6 is 0 Å². The van der Waals surface area contributed by atoms with Crippen molar-refractivity contribution in [3.8, 4) is 39.8 Å². The lowest BCUT2D eigenvalue weighted by Crippen LogP contribution is -2.52. The third-order valence-electron chi connectivity index (χ3n) is 11.6. The minimum absolute atomic E-state index is 0.124. The van der Waals surface area contributed by atoms with Crippen LogP contribution in [0.5, 0.6) is 5.75 Å². The van der Waals surface area contributed by atoms with Gasteiger partial charge in [0.15, 0.2) is 23.4 Å². The van der Waals surface area contributed by atoms with Gasteiger partial charge < -0.3 is 34.5 Å². The highest BCUT2D eigenvalue weighted by Crippen LogP contribution is 2.61. The largest absolute Gasteiger partial charge is 0.469 e. The molecule has 4 aliphatic heterocycles. The van der Waals surface area contributed by atoms with Crippen LogP contribution in [0.2, 0.25) is 0 Å². The maximum atomic E-state index is 14.3. The number of nitrogens with zero attached hydrogens (tertiary/aromatic N) is 2. The predicted molar refractivity (Wildman–Crippen MR) is 199 cm³/mol. The first kappa shape index (κ1) is 31.9.